The van der Waals surface area contributed by atoms with Crippen LogP contribution in [-0.4, -0.2) is 22.6 Å². The number of aryl methyl sites for hydroxylation is 1. The number of carbonyl (C=O) groups excluding carboxylic acids is 1. The number of piperidine rings is 1. The fraction of sp³-hybridized carbons (Fsp3) is 0.571. The van der Waals surface area contributed by atoms with Gasteiger partial charge in [0, 0.05) is 24.8 Å². The molecule has 1 fully saturated rings. The van der Waals surface area contributed by atoms with Gasteiger partial charge < -0.3 is 15.2 Å². The minimum atomic E-state index is -0.134. The van der Waals surface area contributed by atoms with Crippen LogP contribution in [0, 0.1) is 0 Å². The van der Waals surface area contributed by atoms with Crippen LogP contribution < -0.4 is 16.2 Å². The molecule has 19 heavy (non-hydrogen) atoms. The first-order chi connectivity index (χ1) is 9.10. The topological polar surface area (TPSA) is 63.1 Å². The number of aromatic nitrogens is 1. The van der Waals surface area contributed by atoms with Crippen molar-refractivity contribution in [1.29, 1.82) is 0 Å². The Kier molecular flexibility index (Phi) is 4.37. The van der Waals surface area contributed by atoms with Crippen LogP contribution in [0.4, 0.5) is 5.69 Å². The van der Waals surface area contributed by atoms with Gasteiger partial charge in [0.15, 0.2) is 0 Å². The Balaban J connectivity index is 2.04. The molecule has 0 aromatic carbocycles. The fourth-order valence-corrected chi connectivity index (χ4v) is 2.43. The van der Waals surface area contributed by atoms with Crippen molar-refractivity contribution in [3.63, 3.8) is 0 Å². The summed E-state index contributed by atoms with van der Waals surface area (Å²) in [5.41, 5.74) is 0.622. The molecule has 104 valence electrons. The maximum atomic E-state index is 12.1. The highest BCUT2D eigenvalue weighted by molar-refractivity contribution is 5.94. The third-order valence-corrected chi connectivity index (χ3v) is 3.52. The van der Waals surface area contributed by atoms with E-state index in [0.717, 1.165) is 19.3 Å². The number of nitrogens with one attached hydrogen (secondary N) is 2. The molecule has 2 rings (SSSR count). The molecule has 2 atom stereocenters. The zero-order valence-corrected chi connectivity index (χ0v) is 11.5. The van der Waals surface area contributed by atoms with Crippen LogP contribution in [0.15, 0.2) is 23.1 Å². The van der Waals surface area contributed by atoms with E-state index in [0.29, 0.717) is 18.3 Å². The van der Waals surface area contributed by atoms with Gasteiger partial charge in [-0.3, -0.25) is 9.59 Å². The Hall–Kier alpha value is -1.62. The Morgan fingerprint density at radius 1 is 1.47 bits per heavy atom. The highest BCUT2D eigenvalue weighted by Gasteiger charge is 2.24. The number of pyridine rings is 1. The van der Waals surface area contributed by atoms with Crippen LogP contribution in [-0.2, 0) is 11.3 Å². The van der Waals surface area contributed by atoms with Crippen molar-refractivity contribution in [3.8, 4) is 0 Å². The Morgan fingerprint density at radius 3 is 2.95 bits per heavy atom. The van der Waals surface area contributed by atoms with E-state index in [1.165, 1.54) is 6.07 Å². The van der Waals surface area contributed by atoms with Crippen molar-refractivity contribution in [2.75, 3.05) is 5.32 Å². The summed E-state index contributed by atoms with van der Waals surface area (Å²) in [7, 11) is 0. The molecule has 1 aliphatic rings. The first kappa shape index (κ1) is 13.8. The minimum Gasteiger partial charge on any atom is -0.323 e. The second kappa shape index (κ2) is 6.02. The molecule has 1 amide bonds. The second-order valence-corrected chi connectivity index (χ2v) is 5.08. The molecule has 0 saturated carbocycles. The lowest BCUT2D eigenvalue weighted by Gasteiger charge is -2.27. The van der Waals surface area contributed by atoms with Gasteiger partial charge in [-0.05, 0) is 39.2 Å². The largest absolute Gasteiger partial charge is 0.323 e. The SMILES string of the molecule is CCn1cc(NC(=O)C2CCCC(C)N2)ccc1=O. The van der Waals surface area contributed by atoms with Gasteiger partial charge in [0.1, 0.15) is 0 Å². The highest BCUT2D eigenvalue weighted by Crippen LogP contribution is 2.14. The van der Waals surface area contributed by atoms with Gasteiger partial charge in [-0.2, -0.15) is 0 Å². The molecule has 1 saturated heterocycles. The number of nitrogens with zero attached hydrogens (tertiary/aromatic N) is 1. The molecule has 2 unspecified atom stereocenters. The number of amides is 1. The van der Waals surface area contributed by atoms with E-state index in [1.54, 1.807) is 16.8 Å². The summed E-state index contributed by atoms with van der Waals surface area (Å²) in [5.74, 6) is -0.0205. The summed E-state index contributed by atoms with van der Waals surface area (Å²) in [4.78, 5) is 23.6. The normalized spacial score (nSPS) is 23.1. The number of carbonyl (C=O) groups is 1. The van der Waals surface area contributed by atoms with Crippen molar-refractivity contribution in [2.24, 2.45) is 0 Å². The maximum absolute atomic E-state index is 12.1. The molecule has 1 aromatic rings. The summed E-state index contributed by atoms with van der Waals surface area (Å²) < 4.78 is 1.58. The molecule has 2 heterocycles. The number of hydrogen-bond acceptors (Lipinski definition) is 3. The van der Waals surface area contributed by atoms with Gasteiger partial charge in [-0.15, -0.1) is 0 Å². The average molecular weight is 263 g/mol. The molecular weight excluding hydrogens is 242 g/mol. The van der Waals surface area contributed by atoms with Crippen molar-refractivity contribution >= 4 is 11.6 Å². The molecule has 0 bridgehead atoms. The van der Waals surface area contributed by atoms with Crippen molar-refractivity contribution in [3.05, 3.63) is 28.7 Å². The molecule has 5 heteroatoms. The maximum Gasteiger partial charge on any atom is 0.250 e. The molecule has 0 aliphatic carbocycles. The van der Waals surface area contributed by atoms with Gasteiger partial charge in [-0.1, -0.05) is 0 Å². The molecule has 0 radical (unpaired) electrons. The minimum absolute atomic E-state index is 0.0205. The standard InChI is InChI=1S/C14H21N3O2/c1-3-17-9-11(7-8-13(17)18)16-14(19)12-6-4-5-10(2)15-12/h7-10,12,15H,3-6H2,1-2H3,(H,16,19). The third-order valence-electron chi connectivity index (χ3n) is 3.52. The zero-order chi connectivity index (χ0) is 13.8. The van der Waals surface area contributed by atoms with E-state index in [9.17, 15) is 9.59 Å². The van der Waals surface area contributed by atoms with Crippen LogP contribution in [0.3, 0.4) is 0 Å². The fourth-order valence-electron chi connectivity index (χ4n) is 2.43. The Bertz CT molecular complexity index is 510. The smallest absolute Gasteiger partial charge is 0.250 e. The Labute approximate surface area is 113 Å². The van der Waals surface area contributed by atoms with Crippen LogP contribution >= 0.6 is 0 Å². The van der Waals surface area contributed by atoms with Crippen molar-refractivity contribution in [1.82, 2.24) is 9.88 Å². The van der Waals surface area contributed by atoms with Crippen molar-refractivity contribution in [2.45, 2.75) is 51.7 Å². The summed E-state index contributed by atoms with van der Waals surface area (Å²) >= 11 is 0. The predicted octanol–water partition coefficient (Wildman–Crippen LogP) is 1.34. The number of hydrogen-bond donors (Lipinski definition) is 2. The van der Waals surface area contributed by atoms with E-state index in [4.69, 9.17) is 0 Å². The number of rotatable bonds is 3. The lowest BCUT2D eigenvalue weighted by Crippen LogP contribution is -2.47. The first-order valence-electron chi connectivity index (χ1n) is 6.87. The summed E-state index contributed by atoms with van der Waals surface area (Å²) in [5, 5.41) is 6.17. The van der Waals surface area contributed by atoms with Crippen LogP contribution in [0.1, 0.15) is 33.1 Å². The van der Waals surface area contributed by atoms with E-state index in [2.05, 4.69) is 17.6 Å². The van der Waals surface area contributed by atoms with Gasteiger partial charge in [-0.25, -0.2) is 0 Å². The van der Waals surface area contributed by atoms with Crippen molar-refractivity contribution < 1.29 is 4.79 Å². The van der Waals surface area contributed by atoms with Crippen LogP contribution in [0.25, 0.3) is 0 Å². The van der Waals surface area contributed by atoms with Gasteiger partial charge in [0.05, 0.1) is 11.7 Å². The van der Waals surface area contributed by atoms with E-state index >= 15 is 0 Å². The molecular formula is C14H21N3O2. The number of anilines is 1. The summed E-state index contributed by atoms with van der Waals surface area (Å²) in [6.07, 6.45) is 4.74. The molecule has 2 N–H and O–H groups in total. The molecule has 0 spiro atoms. The molecule has 1 aliphatic heterocycles. The monoisotopic (exact) mass is 263 g/mol. The Morgan fingerprint density at radius 2 is 2.26 bits per heavy atom. The van der Waals surface area contributed by atoms with Gasteiger partial charge in [0.25, 0.3) is 5.56 Å². The lowest BCUT2D eigenvalue weighted by molar-refractivity contribution is -0.118. The first-order valence-corrected chi connectivity index (χ1v) is 6.87. The summed E-state index contributed by atoms with van der Waals surface area (Å²) in [6, 6.07) is 3.38. The quantitative estimate of drug-likeness (QED) is 0.865. The van der Waals surface area contributed by atoms with Gasteiger partial charge >= 0.3 is 0 Å². The van der Waals surface area contributed by atoms with E-state index in [1.807, 2.05) is 6.92 Å². The van der Waals surface area contributed by atoms with Gasteiger partial charge in [0.2, 0.25) is 5.91 Å². The third kappa shape index (κ3) is 3.44. The van der Waals surface area contributed by atoms with E-state index < -0.39 is 0 Å². The second-order valence-electron chi connectivity index (χ2n) is 5.08. The van der Waals surface area contributed by atoms with Crippen LogP contribution in [0.2, 0.25) is 0 Å². The zero-order valence-electron chi connectivity index (χ0n) is 11.5. The van der Waals surface area contributed by atoms with Crippen LogP contribution in [0.5, 0.6) is 0 Å². The average Bonchev–Trinajstić information content (AvgIpc) is 2.41. The molecule has 5 nitrogen and oxygen atoms in total. The summed E-state index contributed by atoms with van der Waals surface area (Å²) in [6.45, 7) is 4.59. The van der Waals surface area contributed by atoms with E-state index in [-0.39, 0.29) is 17.5 Å². The molecule has 1 aromatic heterocycles. The highest BCUT2D eigenvalue weighted by atomic mass is 16.2. The predicted molar refractivity (Wildman–Crippen MR) is 75.2 cm³/mol. The lowest BCUT2D eigenvalue weighted by atomic mass is 9.99.